The molecule has 14 heteroatoms. The van der Waals surface area contributed by atoms with E-state index in [2.05, 4.69) is 20.2 Å². The number of ether oxygens (including phenoxy) is 2. The number of nitrogens with one attached hydrogen (secondary N) is 2. The van der Waals surface area contributed by atoms with Crippen LogP contribution in [0.2, 0.25) is 0 Å². The molecule has 240 valence electrons. The fourth-order valence-electron chi connectivity index (χ4n) is 6.52. The number of aromatic nitrogens is 4. The van der Waals surface area contributed by atoms with E-state index >= 15 is 0 Å². The summed E-state index contributed by atoms with van der Waals surface area (Å²) in [5.41, 5.74) is 6.52. The van der Waals surface area contributed by atoms with E-state index in [0.29, 0.717) is 17.0 Å². The van der Waals surface area contributed by atoms with Gasteiger partial charge in [0.15, 0.2) is 5.82 Å². The second kappa shape index (κ2) is 11.2. The number of hydrogen-bond acceptors (Lipinski definition) is 10. The number of nitrogen functional groups attached to an aromatic ring is 1. The molecule has 1 aliphatic heterocycles. The summed E-state index contributed by atoms with van der Waals surface area (Å²) < 4.78 is 40.2. The SMILES string of the molecule is CCOC(=O)[C@H](Cc1c[nH]c2ccccc12)NP(=O)(Oc1ccccc1)OC1[C@H]2O[C@@](C)(c3ccc4c(N)ncnn34)[C@@H](C)[C@@]12O. The lowest BCUT2D eigenvalue weighted by Gasteiger charge is -2.34. The molecule has 1 aliphatic carbocycles. The number of esters is 1. The Morgan fingerprint density at radius 3 is 2.70 bits per heavy atom. The summed E-state index contributed by atoms with van der Waals surface area (Å²) in [6, 6.07) is 18.7. The van der Waals surface area contributed by atoms with Gasteiger partial charge in [-0.15, -0.1) is 0 Å². The lowest BCUT2D eigenvalue weighted by Crippen LogP contribution is -2.42. The first-order valence-electron chi connectivity index (χ1n) is 15.1. The van der Waals surface area contributed by atoms with Crippen molar-refractivity contribution in [3.05, 3.63) is 90.5 Å². The van der Waals surface area contributed by atoms with Crippen LogP contribution in [0, 0.1) is 5.92 Å². The third-order valence-corrected chi connectivity index (χ3v) is 10.7. The number of hydrogen-bond donors (Lipinski definition) is 4. The minimum Gasteiger partial charge on any atom is -0.465 e. The summed E-state index contributed by atoms with van der Waals surface area (Å²) >= 11 is 0. The highest BCUT2D eigenvalue weighted by atomic mass is 31.2. The summed E-state index contributed by atoms with van der Waals surface area (Å²) in [6.07, 6.45) is 1.41. The summed E-state index contributed by atoms with van der Waals surface area (Å²) in [5, 5.41) is 20.0. The molecule has 5 N–H and O–H groups in total. The molecule has 4 heterocycles. The average molecular weight is 647 g/mol. The quantitative estimate of drug-likeness (QED) is 0.120. The van der Waals surface area contributed by atoms with Gasteiger partial charge in [0.1, 0.15) is 47.0 Å². The highest BCUT2D eigenvalue weighted by molar-refractivity contribution is 7.52. The van der Waals surface area contributed by atoms with E-state index in [-0.39, 0.29) is 18.8 Å². The first kappa shape index (κ1) is 30.4. The Hall–Kier alpha value is -4.26. The molecule has 2 fully saturated rings. The number of nitrogens with two attached hydrogens (primary N) is 1. The van der Waals surface area contributed by atoms with Gasteiger partial charge in [0.25, 0.3) is 0 Å². The molecule has 0 radical (unpaired) electrons. The van der Waals surface area contributed by atoms with Crippen molar-refractivity contribution in [1.82, 2.24) is 24.7 Å². The standard InChI is InChI=1S/C32H35N6O7P/c1-4-42-30(39)24(16-20-17-34-23-13-9-8-12-22(20)23)37-46(41,44-21-10-6-5-7-11-21)45-28-27-32(28,40)19(2)31(3,43-27)26-15-14-25-29(33)35-18-36-38(25)26/h5-15,17-19,24,27-28,34,40H,4,16H2,1-3H3,(H,37,41)(H2,33,35,36)/t19-,24+,27-,28?,31-,32+,46?/m1/s1. The molecule has 3 aromatic heterocycles. The molecule has 5 aromatic rings. The molecule has 1 saturated carbocycles. The molecule has 13 nitrogen and oxygen atoms in total. The molecular weight excluding hydrogens is 611 g/mol. The van der Waals surface area contributed by atoms with Crippen LogP contribution >= 0.6 is 7.75 Å². The average Bonchev–Trinajstić information content (AvgIpc) is 3.44. The van der Waals surface area contributed by atoms with Gasteiger partial charge in [0.2, 0.25) is 0 Å². The molecular formula is C32H35N6O7P. The molecule has 0 bridgehead atoms. The Kier molecular flexibility index (Phi) is 7.41. The van der Waals surface area contributed by atoms with E-state index in [1.165, 1.54) is 6.33 Å². The third kappa shape index (κ3) is 4.95. The van der Waals surface area contributed by atoms with Crippen LogP contribution in [0.1, 0.15) is 32.0 Å². The molecule has 0 spiro atoms. The molecule has 46 heavy (non-hydrogen) atoms. The second-order valence-electron chi connectivity index (χ2n) is 11.8. The first-order valence-corrected chi connectivity index (χ1v) is 16.6. The number of carbonyl (C=O) groups excluding carboxylic acids is 1. The topological polar surface area (TPSA) is 175 Å². The van der Waals surface area contributed by atoms with Gasteiger partial charge in [-0.05, 0) is 49.7 Å². The summed E-state index contributed by atoms with van der Waals surface area (Å²) in [4.78, 5) is 20.5. The number of rotatable bonds is 11. The Morgan fingerprint density at radius 2 is 1.96 bits per heavy atom. The van der Waals surface area contributed by atoms with E-state index in [1.807, 2.05) is 44.2 Å². The van der Waals surface area contributed by atoms with Crippen molar-refractivity contribution in [3.8, 4) is 5.75 Å². The van der Waals surface area contributed by atoms with Gasteiger partial charge >= 0.3 is 13.7 Å². The predicted molar refractivity (Wildman–Crippen MR) is 169 cm³/mol. The number of para-hydroxylation sites is 2. The maximum atomic E-state index is 14.7. The van der Waals surface area contributed by atoms with Crippen molar-refractivity contribution in [3.63, 3.8) is 0 Å². The van der Waals surface area contributed by atoms with Gasteiger partial charge in [0.05, 0.1) is 12.3 Å². The normalized spacial score (nSPS) is 27.3. The van der Waals surface area contributed by atoms with E-state index in [4.69, 9.17) is 24.3 Å². The van der Waals surface area contributed by atoms with Gasteiger partial charge in [-0.3, -0.25) is 9.32 Å². The lowest BCUT2D eigenvalue weighted by molar-refractivity contribution is -0.145. The number of H-pyrrole nitrogens is 1. The van der Waals surface area contributed by atoms with Crippen LogP contribution in [-0.2, 0) is 35.4 Å². The van der Waals surface area contributed by atoms with Gasteiger partial charge < -0.3 is 29.8 Å². The number of fused-ring (bicyclic) bond motifs is 3. The Bertz CT molecular complexity index is 1970. The van der Waals surface area contributed by atoms with Crippen molar-refractivity contribution in [1.29, 1.82) is 0 Å². The van der Waals surface area contributed by atoms with Crippen molar-refractivity contribution in [2.75, 3.05) is 12.3 Å². The van der Waals surface area contributed by atoms with Gasteiger partial charge in [-0.25, -0.2) is 14.1 Å². The van der Waals surface area contributed by atoms with Crippen LogP contribution in [-0.4, -0.2) is 61.1 Å². The fraction of sp³-hybridized carbons (Fsp3) is 0.344. The highest BCUT2D eigenvalue weighted by Crippen LogP contribution is 2.66. The Labute approximate surface area is 264 Å². The highest BCUT2D eigenvalue weighted by Gasteiger charge is 2.80. The zero-order chi connectivity index (χ0) is 32.3. The fourth-order valence-corrected chi connectivity index (χ4v) is 8.23. The summed E-state index contributed by atoms with van der Waals surface area (Å²) in [6.45, 7) is 5.51. The minimum atomic E-state index is -4.36. The first-order chi connectivity index (χ1) is 22.1. The Balaban J connectivity index is 1.18. The number of aromatic amines is 1. The number of nitrogens with zero attached hydrogens (tertiary/aromatic N) is 3. The molecule has 7 atom stereocenters. The van der Waals surface area contributed by atoms with Crippen molar-refractivity contribution >= 4 is 36.0 Å². The van der Waals surface area contributed by atoms with Gasteiger partial charge in [-0.1, -0.05) is 43.3 Å². The summed E-state index contributed by atoms with van der Waals surface area (Å²) in [7, 11) is -4.36. The zero-order valence-corrected chi connectivity index (χ0v) is 26.4. The van der Waals surface area contributed by atoms with Crippen LogP contribution in [0.4, 0.5) is 5.82 Å². The zero-order valence-electron chi connectivity index (χ0n) is 25.5. The van der Waals surface area contributed by atoms with Gasteiger partial charge in [0, 0.05) is 29.4 Å². The molecule has 2 aliphatic rings. The lowest BCUT2D eigenvalue weighted by atomic mass is 9.83. The molecule has 2 aromatic carbocycles. The van der Waals surface area contributed by atoms with Crippen molar-refractivity contribution in [2.45, 2.75) is 56.6 Å². The van der Waals surface area contributed by atoms with E-state index in [0.717, 1.165) is 16.5 Å². The van der Waals surface area contributed by atoms with E-state index in [9.17, 15) is 14.5 Å². The molecule has 2 unspecified atom stereocenters. The summed E-state index contributed by atoms with van der Waals surface area (Å²) in [5.74, 6) is -0.598. The van der Waals surface area contributed by atoms with Crippen LogP contribution in [0.25, 0.3) is 16.4 Å². The number of carbonyl (C=O) groups is 1. The van der Waals surface area contributed by atoms with Crippen molar-refractivity contribution < 1.29 is 33.0 Å². The number of benzene rings is 2. The van der Waals surface area contributed by atoms with Crippen LogP contribution in [0.3, 0.4) is 0 Å². The van der Waals surface area contributed by atoms with Crippen LogP contribution in [0.5, 0.6) is 5.75 Å². The maximum absolute atomic E-state index is 14.7. The smallest absolute Gasteiger partial charge is 0.459 e. The molecule has 7 rings (SSSR count). The van der Waals surface area contributed by atoms with E-state index in [1.54, 1.807) is 54.0 Å². The number of aliphatic hydroxyl groups is 1. The predicted octanol–water partition coefficient (Wildman–Crippen LogP) is 4.12. The second-order valence-corrected chi connectivity index (χ2v) is 13.5. The molecule has 0 amide bonds. The van der Waals surface area contributed by atoms with Crippen LogP contribution in [0.15, 0.2) is 79.3 Å². The minimum absolute atomic E-state index is 0.120. The van der Waals surface area contributed by atoms with Crippen LogP contribution < -0.4 is 15.3 Å². The van der Waals surface area contributed by atoms with Gasteiger partial charge in [-0.2, -0.15) is 10.2 Å². The monoisotopic (exact) mass is 646 g/mol. The third-order valence-electron chi connectivity index (χ3n) is 9.16. The van der Waals surface area contributed by atoms with E-state index < -0.39 is 49.1 Å². The number of anilines is 1. The maximum Gasteiger partial charge on any atom is 0.459 e. The van der Waals surface area contributed by atoms with Crippen molar-refractivity contribution in [2.24, 2.45) is 5.92 Å². The molecule has 1 saturated heterocycles. The largest absolute Gasteiger partial charge is 0.465 e. The Morgan fingerprint density at radius 1 is 1.20 bits per heavy atom.